The van der Waals surface area contributed by atoms with E-state index in [2.05, 4.69) is 10.3 Å². The number of halogens is 1. The molecule has 0 spiro atoms. The van der Waals surface area contributed by atoms with Gasteiger partial charge in [-0.05, 0) is 18.2 Å². The van der Waals surface area contributed by atoms with Gasteiger partial charge in [0, 0.05) is 23.9 Å². The van der Waals surface area contributed by atoms with Crippen molar-refractivity contribution >= 4 is 29.0 Å². The van der Waals surface area contributed by atoms with Crippen molar-refractivity contribution in [1.29, 1.82) is 0 Å². The fraction of sp³-hybridized carbons (Fsp3) is 0. The number of pyridine rings is 1. The third-order valence-corrected chi connectivity index (χ3v) is 2.51. The van der Waals surface area contributed by atoms with Crippen LogP contribution in [0.15, 0.2) is 42.6 Å². The first-order chi connectivity index (χ1) is 9.06. The van der Waals surface area contributed by atoms with Crippen LogP contribution in [0.5, 0.6) is 0 Å². The van der Waals surface area contributed by atoms with Gasteiger partial charge in [0.05, 0.1) is 9.95 Å². The molecule has 0 saturated carbocycles. The molecule has 0 aliphatic heterocycles. The van der Waals surface area contributed by atoms with Crippen LogP contribution in [0.2, 0.25) is 5.02 Å². The van der Waals surface area contributed by atoms with Crippen molar-refractivity contribution in [3.05, 3.63) is 63.3 Å². The molecule has 7 heteroatoms. The third-order valence-electron chi connectivity index (χ3n) is 2.29. The molecule has 2 rings (SSSR count). The van der Waals surface area contributed by atoms with Gasteiger partial charge >= 0.3 is 0 Å². The lowest BCUT2D eigenvalue weighted by atomic mass is 10.2. The van der Waals surface area contributed by atoms with E-state index in [1.54, 1.807) is 6.07 Å². The molecular formula is C12H8ClN3O3. The summed E-state index contributed by atoms with van der Waals surface area (Å²) in [4.78, 5) is 25.8. The average molecular weight is 278 g/mol. The molecule has 0 aliphatic carbocycles. The minimum absolute atomic E-state index is 0.142. The Hall–Kier alpha value is -2.47. The van der Waals surface area contributed by atoms with Gasteiger partial charge in [-0.1, -0.05) is 17.7 Å². The summed E-state index contributed by atoms with van der Waals surface area (Å²) in [7, 11) is 0. The van der Waals surface area contributed by atoms with Crippen molar-refractivity contribution in [1.82, 2.24) is 4.98 Å². The number of nitrogens with zero attached hydrogens (tertiary/aromatic N) is 2. The molecule has 1 heterocycles. The second kappa shape index (κ2) is 5.45. The van der Waals surface area contributed by atoms with Crippen LogP contribution in [-0.4, -0.2) is 15.8 Å². The van der Waals surface area contributed by atoms with Crippen LogP contribution in [-0.2, 0) is 0 Å². The second-order valence-corrected chi connectivity index (χ2v) is 4.06. The van der Waals surface area contributed by atoms with Crippen molar-refractivity contribution in [2.75, 3.05) is 5.32 Å². The molecule has 0 unspecified atom stereocenters. The zero-order valence-electron chi connectivity index (χ0n) is 9.54. The van der Waals surface area contributed by atoms with Crippen molar-refractivity contribution in [2.45, 2.75) is 0 Å². The molecule has 2 aromatic rings. The smallest absolute Gasteiger partial charge is 0.270 e. The van der Waals surface area contributed by atoms with Gasteiger partial charge in [-0.3, -0.25) is 14.9 Å². The van der Waals surface area contributed by atoms with Gasteiger partial charge in [-0.25, -0.2) is 4.98 Å². The summed E-state index contributed by atoms with van der Waals surface area (Å²) in [6.07, 6.45) is 1.39. The maximum atomic E-state index is 11.9. The summed E-state index contributed by atoms with van der Waals surface area (Å²) in [5.41, 5.74) is 0.0441. The highest BCUT2D eigenvalue weighted by molar-refractivity contribution is 6.30. The predicted molar refractivity (Wildman–Crippen MR) is 70.3 cm³/mol. The minimum atomic E-state index is -0.558. The Morgan fingerprint density at radius 1 is 1.32 bits per heavy atom. The summed E-state index contributed by atoms with van der Waals surface area (Å²) in [5, 5.41) is 13.6. The lowest BCUT2D eigenvalue weighted by Gasteiger charge is -2.04. The van der Waals surface area contributed by atoms with Crippen LogP contribution in [0, 0.1) is 10.1 Å². The summed E-state index contributed by atoms with van der Waals surface area (Å²) in [5.74, 6) is -0.153. The Kier molecular flexibility index (Phi) is 3.72. The van der Waals surface area contributed by atoms with Crippen molar-refractivity contribution in [2.24, 2.45) is 0 Å². The fourth-order valence-electron chi connectivity index (χ4n) is 1.40. The monoisotopic (exact) mass is 277 g/mol. The first-order valence-electron chi connectivity index (χ1n) is 5.23. The normalized spacial score (nSPS) is 9.95. The van der Waals surface area contributed by atoms with Crippen molar-refractivity contribution < 1.29 is 9.72 Å². The number of rotatable bonds is 3. The molecule has 19 heavy (non-hydrogen) atoms. The quantitative estimate of drug-likeness (QED) is 0.690. The van der Waals surface area contributed by atoms with E-state index in [0.29, 0.717) is 10.8 Å². The van der Waals surface area contributed by atoms with E-state index in [4.69, 9.17) is 11.6 Å². The highest BCUT2D eigenvalue weighted by Crippen LogP contribution is 2.15. The number of benzene rings is 1. The molecule has 0 aliphatic rings. The highest BCUT2D eigenvalue weighted by Gasteiger charge is 2.11. The van der Waals surface area contributed by atoms with Gasteiger partial charge in [-0.15, -0.1) is 0 Å². The fourth-order valence-corrected chi connectivity index (χ4v) is 1.51. The predicted octanol–water partition coefficient (Wildman–Crippen LogP) is 2.90. The molecule has 0 bridgehead atoms. The van der Waals surface area contributed by atoms with Crippen LogP contribution in [0.4, 0.5) is 11.5 Å². The van der Waals surface area contributed by atoms with Crippen LogP contribution in [0.1, 0.15) is 10.4 Å². The van der Waals surface area contributed by atoms with E-state index in [1.165, 1.54) is 36.5 Å². The van der Waals surface area contributed by atoms with E-state index in [-0.39, 0.29) is 11.3 Å². The van der Waals surface area contributed by atoms with Gasteiger partial charge in [0.15, 0.2) is 0 Å². The number of hydrogen-bond acceptors (Lipinski definition) is 4. The SMILES string of the molecule is O=C(Nc1ccc(Cl)cn1)c1cccc([N+](=O)[O-])c1. The Labute approximate surface area is 113 Å². The van der Waals surface area contributed by atoms with Crippen LogP contribution >= 0.6 is 11.6 Å². The number of carbonyl (C=O) groups excluding carboxylic acids is 1. The largest absolute Gasteiger partial charge is 0.307 e. The molecular weight excluding hydrogens is 270 g/mol. The lowest BCUT2D eigenvalue weighted by molar-refractivity contribution is -0.384. The van der Waals surface area contributed by atoms with E-state index in [1.807, 2.05) is 0 Å². The number of nitro benzene ring substituents is 1. The third kappa shape index (κ3) is 3.26. The summed E-state index contributed by atoms with van der Waals surface area (Å²) < 4.78 is 0. The lowest BCUT2D eigenvalue weighted by Crippen LogP contribution is -2.12. The van der Waals surface area contributed by atoms with E-state index in [9.17, 15) is 14.9 Å². The van der Waals surface area contributed by atoms with Crippen molar-refractivity contribution in [3.63, 3.8) is 0 Å². The number of hydrogen-bond donors (Lipinski definition) is 1. The zero-order chi connectivity index (χ0) is 13.8. The Bertz CT molecular complexity index is 628. The second-order valence-electron chi connectivity index (χ2n) is 3.62. The first kappa shape index (κ1) is 13.0. The van der Waals surface area contributed by atoms with Gasteiger partial charge in [0.25, 0.3) is 11.6 Å². The molecule has 1 amide bonds. The van der Waals surface area contributed by atoms with Crippen LogP contribution in [0.3, 0.4) is 0 Å². The van der Waals surface area contributed by atoms with Gasteiger partial charge < -0.3 is 5.32 Å². The van der Waals surface area contributed by atoms with E-state index >= 15 is 0 Å². The van der Waals surface area contributed by atoms with Gasteiger partial charge in [0.1, 0.15) is 5.82 Å². The van der Waals surface area contributed by atoms with E-state index < -0.39 is 10.8 Å². The maximum Gasteiger partial charge on any atom is 0.270 e. The molecule has 1 aromatic heterocycles. The molecule has 6 nitrogen and oxygen atoms in total. The summed E-state index contributed by atoms with van der Waals surface area (Å²) in [6.45, 7) is 0. The average Bonchev–Trinajstić information content (AvgIpc) is 2.41. The van der Waals surface area contributed by atoms with E-state index in [0.717, 1.165) is 0 Å². The maximum absolute atomic E-state index is 11.9. The molecule has 1 aromatic carbocycles. The molecule has 1 N–H and O–H groups in total. The number of non-ortho nitro benzene ring substituents is 1. The standard InChI is InChI=1S/C12H8ClN3O3/c13-9-4-5-11(14-7-9)15-12(17)8-2-1-3-10(6-8)16(18)19/h1-7H,(H,14,15,17). The summed E-state index contributed by atoms with van der Waals surface area (Å²) in [6, 6.07) is 8.57. The highest BCUT2D eigenvalue weighted by atomic mass is 35.5. The number of nitro groups is 1. The Morgan fingerprint density at radius 2 is 2.11 bits per heavy atom. The van der Waals surface area contributed by atoms with Crippen LogP contribution < -0.4 is 5.32 Å². The number of carbonyl (C=O) groups is 1. The molecule has 0 saturated heterocycles. The first-order valence-corrected chi connectivity index (χ1v) is 5.61. The number of nitrogens with one attached hydrogen (secondary N) is 1. The Balaban J connectivity index is 2.18. The Morgan fingerprint density at radius 3 is 2.74 bits per heavy atom. The number of amides is 1. The minimum Gasteiger partial charge on any atom is -0.307 e. The van der Waals surface area contributed by atoms with Crippen molar-refractivity contribution in [3.8, 4) is 0 Å². The number of anilines is 1. The van der Waals surface area contributed by atoms with Crippen LogP contribution in [0.25, 0.3) is 0 Å². The molecule has 0 fully saturated rings. The molecule has 96 valence electrons. The van der Waals surface area contributed by atoms with Gasteiger partial charge in [-0.2, -0.15) is 0 Å². The topological polar surface area (TPSA) is 85.1 Å². The summed E-state index contributed by atoms with van der Waals surface area (Å²) >= 11 is 5.67. The molecule has 0 atom stereocenters. The molecule has 0 radical (unpaired) electrons. The van der Waals surface area contributed by atoms with Gasteiger partial charge in [0.2, 0.25) is 0 Å². The number of aromatic nitrogens is 1. The zero-order valence-corrected chi connectivity index (χ0v) is 10.3.